The Morgan fingerprint density at radius 1 is 1.32 bits per heavy atom. The first-order chi connectivity index (χ1) is 12.3. The first-order valence-electron chi connectivity index (χ1n) is 8.52. The van der Waals surface area contributed by atoms with E-state index < -0.39 is 0 Å². The maximum Gasteiger partial charge on any atom is 0.270 e. The smallest absolute Gasteiger partial charge is 0.270 e. The molecule has 1 unspecified atom stereocenters. The SMILES string of the molecule is O=C(c1cc2ccccc2[nH]1)N1CCOCC1CCc1cnccn1. The van der Waals surface area contributed by atoms with E-state index in [0.29, 0.717) is 25.5 Å². The van der Waals surface area contributed by atoms with Gasteiger partial charge in [0, 0.05) is 36.0 Å². The van der Waals surface area contributed by atoms with Gasteiger partial charge in [-0.1, -0.05) is 18.2 Å². The van der Waals surface area contributed by atoms with Gasteiger partial charge in [0.15, 0.2) is 0 Å². The van der Waals surface area contributed by atoms with Crippen molar-refractivity contribution in [1.29, 1.82) is 0 Å². The average molecular weight is 336 g/mol. The minimum atomic E-state index is 0.0312. The van der Waals surface area contributed by atoms with Gasteiger partial charge in [-0.2, -0.15) is 0 Å². The van der Waals surface area contributed by atoms with E-state index in [0.717, 1.165) is 29.4 Å². The zero-order valence-electron chi connectivity index (χ0n) is 13.9. The van der Waals surface area contributed by atoms with Crippen LogP contribution in [0.3, 0.4) is 0 Å². The monoisotopic (exact) mass is 336 g/mol. The number of hydrogen-bond donors (Lipinski definition) is 1. The summed E-state index contributed by atoms with van der Waals surface area (Å²) in [6, 6.07) is 9.90. The molecule has 0 radical (unpaired) electrons. The fourth-order valence-corrected chi connectivity index (χ4v) is 3.28. The summed E-state index contributed by atoms with van der Waals surface area (Å²) in [5.41, 5.74) is 2.55. The summed E-state index contributed by atoms with van der Waals surface area (Å²) in [6.07, 6.45) is 6.72. The number of rotatable bonds is 4. The Morgan fingerprint density at radius 3 is 3.08 bits per heavy atom. The largest absolute Gasteiger partial charge is 0.377 e. The molecule has 6 nitrogen and oxygen atoms in total. The van der Waals surface area contributed by atoms with Crippen molar-refractivity contribution in [2.24, 2.45) is 0 Å². The topological polar surface area (TPSA) is 71.1 Å². The van der Waals surface area contributed by atoms with Gasteiger partial charge in [0.2, 0.25) is 0 Å². The standard InChI is InChI=1S/C19H20N4O2/c24-19(18-11-14-3-1-2-4-17(14)22-18)23-9-10-25-13-16(23)6-5-15-12-20-7-8-21-15/h1-4,7-8,11-12,16,22H,5-6,9-10,13H2. The second-order valence-electron chi connectivity index (χ2n) is 6.23. The van der Waals surface area contributed by atoms with Crippen LogP contribution in [0.1, 0.15) is 22.6 Å². The van der Waals surface area contributed by atoms with E-state index in [2.05, 4.69) is 15.0 Å². The van der Waals surface area contributed by atoms with Gasteiger partial charge in [-0.15, -0.1) is 0 Å². The highest BCUT2D eigenvalue weighted by Gasteiger charge is 2.28. The van der Waals surface area contributed by atoms with Crippen molar-refractivity contribution < 1.29 is 9.53 Å². The molecule has 3 heterocycles. The van der Waals surface area contributed by atoms with Crippen LogP contribution in [0, 0.1) is 0 Å². The normalized spacial score (nSPS) is 17.8. The van der Waals surface area contributed by atoms with Gasteiger partial charge in [-0.25, -0.2) is 0 Å². The van der Waals surface area contributed by atoms with Crippen LogP contribution < -0.4 is 0 Å². The fraction of sp³-hybridized carbons (Fsp3) is 0.316. The Balaban J connectivity index is 1.50. The van der Waals surface area contributed by atoms with Gasteiger partial charge < -0.3 is 14.6 Å². The minimum absolute atomic E-state index is 0.0312. The Kier molecular flexibility index (Phi) is 4.43. The highest BCUT2D eigenvalue weighted by molar-refractivity contribution is 5.98. The average Bonchev–Trinajstić information content (AvgIpc) is 3.11. The van der Waals surface area contributed by atoms with Crippen molar-refractivity contribution in [1.82, 2.24) is 19.9 Å². The lowest BCUT2D eigenvalue weighted by atomic mass is 10.1. The van der Waals surface area contributed by atoms with Crippen molar-refractivity contribution in [2.75, 3.05) is 19.8 Å². The molecule has 4 rings (SSSR count). The first kappa shape index (κ1) is 15.8. The van der Waals surface area contributed by atoms with Crippen molar-refractivity contribution >= 4 is 16.8 Å². The lowest BCUT2D eigenvalue weighted by molar-refractivity contribution is -0.00438. The molecule has 2 aromatic heterocycles. The maximum atomic E-state index is 13.0. The van der Waals surface area contributed by atoms with E-state index >= 15 is 0 Å². The van der Waals surface area contributed by atoms with Gasteiger partial charge in [-0.05, 0) is 25.0 Å². The molecule has 1 aliphatic rings. The van der Waals surface area contributed by atoms with Crippen molar-refractivity contribution in [3.8, 4) is 0 Å². The summed E-state index contributed by atoms with van der Waals surface area (Å²) in [6.45, 7) is 1.75. The number of carbonyl (C=O) groups is 1. The van der Waals surface area contributed by atoms with Gasteiger partial charge in [-0.3, -0.25) is 14.8 Å². The molecular formula is C19H20N4O2. The van der Waals surface area contributed by atoms with Crippen LogP contribution in [0.25, 0.3) is 10.9 Å². The lowest BCUT2D eigenvalue weighted by Crippen LogP contribution is -2.49. The predicted molar refractivity (Wildman–Crippen MR) is 94.3 cm³/mol. The third kappa shape index (κ3) is 3.39. The molecule has 0 saturated carbocycles. The van der Waals surface area contributed by atoms with Crippen molar-refractivity contribution in [2.45, 2.75) is 18.9 Å². The highest BCUT2D eigenvalue weighted by atomic mass is 16.5. The van der Waals surface area contributed by atoms with E-state index in [-0.39, 0.29) is 11.9 Å². The third-order valence-corrected chi connectivity index (χ3v) is 4.60. The van der Waals surface area contributed by atoms with Crippen LogP contribution in [-0.2, 0) is 11.2 Å². The van der Waals surface area contributed by atoms with Gasteiger partial charge >= 0.3 is 0 Å². The summed E-state index contributed by atoms with van der Waals surface area (Å²) < 4.78 is 5.61. The number of amides is 1. The number of benzene rings is 1. The summed E-state index contributed by atoms with van der Waals surface area (Å²) in [5.74, 6) is 0.0312. The molecular weight excluding hydrogens is 316 g/mol. The Labute approximate surface area is 145 Å². The Bertz CT molecular complexity index is 829. The van der Waals surface area contributed by atoms with Gasteiger partial charge in [0.1, 0.15) is 5.69 Å². The number of carbonyl (C=O) groups excluding carboxylic acids is 1. The number of nitrogens with one attached hydrogen (secondary N) is 1. The molecule has 0 spiro atoms. The van der Waals surface area contributed by atoms with E-state index in [1.807, 2.05) is 35.2 Å². The molecule has 1 aromatic carbocycles. The Hall–Kier alpha value is -2.73. The second-order valence-corrected chi connectivity index (χ2v) is 6.23. The van der Waals surface area contributed by atoms with Crippen LogP contribution in [0.4, 0.5) is 0 Å². The lowest BCUT2D eigenvalue weighted by Gasteiger charge is -2.35. The molecule has 25 heavy (non-hydrogen) atoms. The molecule has 1 atom stereocenters. The zero-order valence-corrected chi connectivity index (χ0v) is 13.9. The summed E-state index contributed by atoms with van der Waals surface area (Å²) in [4.78, 5) is 26.6. The molecule has 3 aromatic rings. The number of aryl methyl sites for hydroxylation is 1. The van der Waals surface area contributed by atoms with Crippen LogP contribution in [0.2, 0.25) is 0 Å². The third-order valence-electron chi connectivity index (χ3n) is 4.60. The first-order valence-corrected chi connectivity index (χ1v) is 8.52. The fourth-order valence-electron chi connectivity index (χ4n) is 3.28. The molecule has 1 aliphatic heterocycles. The number of para-hydroxylation sites is 1. The number of hydrogen-bond acceptors (Lipinski definition) is 4. The number of nitrogens with zero attached hydrogens (tertiary/aromatic N) is 3. The summed E-state index contributed by atoms with van der Waals surface area (Å²) in [5, 5.41) is 1.05. The number of H-pyrrole nitrogens is 1. The Morgan fingerprint density at radius 2 is 2.24 bits per heavy atom. The van der Waals surface area contributed by atoms with E-state index in [9.17, 15) is 4.79 Å². The van der Waals surface area contributed by atoms with Crippen LogP contribution in [0.5, 0.6) is 0 Å². The van der Waals surface area contributed by atoms with Crippen LogP contribution >= 0.6 is 0 Å². The number of aromatic nitrogens is 3. The maximum absolute atomic E-state index is 13.0. The molecule has 1 fully saturated rings. The number of fused-ring (bicyclic) bond motifs is 1. The van der Waals surface area contributed by atoms with E-state index in [1.165, 1.54) is 0 Å². The molecule has 6 heteroatoms. The van der Waals surface area contributed by atoms with Gasteiger partial charge in [0.05, 0.1) is 24.9 Å². The highest BCUT2D eigenvalue weighted by Crippen LogP contribution is 2.20. The van der Waals surface area contributed by atoms with E-state index in [4.69, 9.17) is 4.74 Å². The number of morpholine rings is 1. The molecule has 1 saturated heterocycles. The minimum Gasteiger partial charge on any atom is -0.377 e. The van der Waals surface area contributed by atoms with Crippen LogP contribution in [-0.4, -0.2) is 51.6 Å². The molecule has 0 aliphatic carbocycles. The second kappa shape index (κ2) is 7.03. The van der Waals surface area contributed by atoms with Crippen LogP contribution in [0.15, 0.2) is 48.9 Å². The molecule has 128 valence electrons. The zero-order chi connectivity index (χ0) is 17.1. The van der Waals surface area contributed by atoms with Crippen molar-refractivity contribution in [3.63, 3.8) is 0 Å². The molecule has 0 bridgehead atoms. The van der Waals surface area contributed by atoms with E-state index in [1.54, 1.807) is 18.6 Å². The van der Waals surface area contributed by atoms with Gasteiger partial charge in [0.25, 0.3) is 5.91 Å². The summed E-state index contributed by atoms with van der Waals surface area (Å²) >= 11 is 0. The summed E-state index contributed by atoms with van der Waals surface area (Å²) in [7, 11) is 0. The number of ether oxygens (including phenoxy) is 1. The number of aromatic amines is 1. The molecule has 1 N–H and O–H groups in total. The quantitative estimate of drug-likeness (QED) is 0.794. The predicted octanol–water partition coefficient (Wildman–Crippen LogP) is 2.43. The van der Waals surface area contributed by atoms with Crippen molar-refractivity contribution in [3.05, 3.63) is 60.3 Å². The molecule has 1 amide bonds.